The standard InChI is InChI=1S/C18H23N9O2/c1-24-16-13(17(28)25(2)18(24)29)26(11-23-16)7-5-3-4-6-8-27-10-22-12-14(19)20-9-21-15(12)27/h9-11H,3-8H2,1-2H3,(H2,19,20,21)/i10D. The van der Waals surface area contributed by atoms with Crippen LogP contribution in [0.1, 0.15) is 27.1 Å². The Balaban J connectivity index is 1.36. The first-order valence-corrected chi connectivity index (χ1v) is 9.44. The topological polar surface area (TPSA) is 131 Å². The zero-order chi connectivity index (χ0) is 21.4. The first-order chi connectivity index (χ1) is 14.4. The van der Waals surface area contributed by atoms with Crippen molar-refractivity contribution in [1.29, 1.82) is 0 Å². The summed E-state index contributed by atoms with van der Waals surface area (Å²) in [5.74, 6) is 0.281. The van der Waals surface area contributed by atoms with Crippen LogP contribution in [0.3, 0.4) is 0 Å². The molecule has 11 nitrogen and oxygen atoms in total. The molecule has 29 heavy (non-hydrogen) atoms. The zero-order valence-corrected chi connectivity index (χ0v) is 16.4. The van der Waals surface area contributed by atoms with Gasteiger partial charge in [0.25, 0.3) is 5.56 Å². The Morgan fingerprint density at radius 2 is 1.66 bits per heavy atom. The second kappa shape index (κ2) is 7.49. The van der Waals surface area contributed by atoms with Gasteiger partial charge in [-0.2, -0.15) is 0 Å². The highest BCUT2D eigenvalue weighted by atomic mass is 16.2. The number of aromatic nitrogens is 8. The number of imidazole rings is 2. The Labute approximate surface area is 166 Å². The van der Waals surface area contributed by atoms with Gasteiger partial charge in [0.2, 0.25) is 0 Å². The molecule has 0 bridgehead atoms. The molecule has 0 saturated heterocycles. The van der Waals surface area contributed by atoms with E-state index in [1.54, 1.807) is 17.9 Å². The molecule has 4 heterocycles. The van der Waals surface area contributed by atoms with Gasteiger partial charge in [-0.25, -0.2) is 24.7 Å². The summed E-state index contributed by atoms with van der Waals surface area (Å²) in [4.78, 5) is 40.9. The highest BCUT2D eigenvalue weighted by Crippen LogP contribution is 2.15. The van der Waals surface area contributed by atoms with Crippen LogP contribution in [0.4, 0.5) is 5.82 Å². The van der Waals surface area contributed by atoms with Gasteiger partial charge in [0.1, 0.15) is 13.2 Å². The highest BCUT2D eigenvalue weighted by Gasteiger charge is 2.14. The van der Waals surface area contributed by atoms with Crippen molar-refractivity contribution < 1.29 is 1.37 Å². The Morgan fingerprint density at radius 3 is 2.41 bits per heavy atom. The molecule has 0 fully saturated rings. The largest absolute Gasteiger partial charge is 0.382 e. The van der Waals surface area contributed by atoms with E-state index < -0.39 is 0 Å². The molecule has 0 radical (unpaired) electrons. The highest BCUT2D eigenvalue weighted by molar-refractivity contribution is 5.81. The number of unbranched alkanes of at least 4 members (excludes halogenated alkanes) is 3. The number of fused-ring (bicyclic) bond motifs is 2. The smallest absolute Gasteiger partial charge is 0.332 e. The van der Waals surface area contributed by atoms with Crippen LogP contribution in [0, 0.1) is 0 Å². The summed E-state index contributed by atoms with van der Waals surface area (Å²) in [5, 5.41) is 0. The molecular weight excluding hydrogens is 374 g/mol. The van der Waals surface area contributed by atoms with Gasteiger partial charge in [-0.3, -0.25) is 13.9 Å². The van der Waals surface area contributed by atoms with E-state index >= 15 is 0 Å². The van der Waals surface area contributed by atoms with Gasteiger partial charge in [-0.15, -0.1) is 0 Å². The number of hydrogen-bond donors (Lipinski definition) is 1. The molecule has 11 heteroatoms. The van der Waals surface area contributed by atoms with E-state index in [0.29, 0.717) is 35.4 Å². The first kappa shape index (κ1) is 17.6. The average molecular weight is 398 g/mol. The minimum absolute atomic E-state index is 0.128. The minimum Gasteiger partial charge on any atom is -0.382 e. The quantitative estimate of drug-likeness (QED) is 0.446. The minimum atomic E-state index is -0.384. The molecule has 152 valence electrons. The predicted molar refractivity (Wildman–Crippen MR) is 108 cm³/mol. The molecule has 4 aromatic rings. The molecular formula is C18H23N9O2. The van der Waals surface area contributed by atoms with Crippen molar-refractivity contribution in [3.8, 4) is 0 Å². The van der Waals surface area contributed by atoms with E-state index in [2.05, 4.69) is 19.9 Å². The Kier molecular flexibility index (Phi) is 4.54. The molecule has 0 spiro atoms. The van der Waals surface area contributed by atoms with Crippen molar-refractivity contribution in [2.45, 2.75) is 38.8 Å². The number of rotatable bonds is 7. The third-order valence-corrected chi connectivity index (χ3v) is 5.12. The lowest BCUT2D eigenvalue weighted by Crippen LogP contribution is -2.37. The van der Waals surface area contributed by atoms with Crippen molar-refractivity contribution >= 4 is 28.1 Å². The van der Waals surface area contributed by atoms with Crippen molar-refractivity contribution in [2.24, 2.45) is 14.1 Å². The Bertz CT molecular complexity index is 1350. The maximum atomic E-state index is 12.5. The van der Waals surface area contributed by atoms with Crippen molar-refractivity contribution in [3.05, 3.63) is 39.8 Å². The van der Waals surface area contributed by atoms with E-state index in [1.807, 2.05) is 4.57 Å². The average Bonchev–Trinajstić information content (AvgIpc) is 3.29. The fourth-order valence-corrected chi connectivity index (χ4v) is 3.47. The van der Waals surface area contributed by atoms with Crippen molar-refractivity contribution in [1.82, 2.24) is 38.2 Å². The van der Waals surface area contributed by atoms with E-state index in [4.69, 9.17) is 7.10 Å². The summed E-state index contributed by atoms with van der Waals surface area (Å²) >= 11 is 0. The van der Waals surface area contributed by atoms with E-state index in [-0.39, 0.29) is 23.4 Å². The number of aryl methyl sites for hydroxylation is 3. The number of nitrogen functional groups attached to an aromatic ring is 1. The van der Waals surface area contributed by atoms with Crippen LogP contribution in [0.25, 0.3) is 22.3 Å². The summed E-state index contributed by atoms with van der Waals surface area (Å²) in [6, 6.07) is 0. The second-order valence-electron chi connectivity index (χ2n) is 7.02. The molecule has 0 saturated carbocycles. The summed E-state index contributed by atoms with van der Waals surface area (Å²) in [6.45, 7) is 1.27. The summed E-state index contributed by atoms with van der Waals surface area (Å²) in [7, 11) is 3.08. The summed E-state index contributed by atoms with van der Waals surface area (Å²) in [6.07, 6.45) is 6.74. The van der Waals surface area contributed by atoms with Gasteiger partial charge in [0.05, 0.1) is 12.6 Å². The number of anilines is 1. The molecule has 2 N–H and O–H groups in total. The van der Waals surface area contributed by atoms with E-state index in [0.717, 1.165) is 30.3 Å². The Morgan fingerprint density at radius 1 is 0.931 bits per heavy atom. The van der Waals surface area contributed by atoms with Crippen LogP contribution in [-0.4, -0.2) is 38.2 Å². The molecule has 0 atom stereocenters. The number of nitrogens with two attached hydrogens (primary N) is 1. The lowest BCUT2D eigenvalue weighted by Gasteiger charge is -2.07. The Hall–Kier alpha value is -3.50. The fourth-order valence-electron chi connectivity index (χ4n) is 3.47. The molecule has 4 aromatic heterocycles. The van der Waals surface area contributed by atoms with Crippen LogP contribution in [0.5, 0.6) is 0 Å². The van der Waals surface area contributed by atoms with Gasteiger partial charge in [-0.1, -0.05) is 12.8 Å². The molecule has 0 aliphatic heterocycles. The van der Waals surface area contributed by atoms with E-state index in [9.17, 15) is 9.59 Å². The number of nitrogens with zero attached hydrogens (tertiary/aromatic N) is 8. The fraction of sp³-hybridized carbons (Fsp3) is 0.444. The maximum Gasteiger partial charge on any atom is 0.332 e. The van der Waals surface area contributed by atoms with Crippen molar-refractivity contribution in [3.63, 3.8) is 0 Å². The van der Waals surface area contributed by atoms with Gasteiger partial charge in [0, 0.05) is 27.2 Å². The van der Waals surface area contributed by atoms with Crippen LogP contribution in [0.2, 0.25) is 0 Å². The summed E-state index contributed by atoms with van der Waals surface area (Å²) < 4.78 is 14.0. The number of hydrogen-bond acceptors (Lipinski definition) is 7. The second-order valence-corrected chi connectivity index (χ2v) is 7.02. The van der Waals surface area contributed by atoms with Crippen molar-refractivity contribution in [2.75, 3.05) is 5.73 Å². The zero-order valence-electron chi connectivity index (χ0n) is 17.4. The van der Waals surface area contributed by atoms with Gasteiger partial charge in [0.15, 0.2) is 22.6 Å². The van der Waals surface area contributed by atoms with Crippen LogP contribution in [0.15, 0.2) is 28.5 Å². The third-order valence-electron chi connectivity index (χ3n) is 5.12. The molecule has 0 unspecified atom stereocenters. The van der Waals surface area contributed by atoms with Gasteiger partial charge < -0.3 is 14.9 Å². The summed E-state index contributed by atoms with van der Waals surface area (Å²) in [5.41, 5.74) is 6.97. The lowest BCUT2D eigenvalue weighted by molar-refractivity contribution is 0.546. The maximum absolute atomic E-state index is 12.5. The molecule has 0 aliphatic carbocycles. The molecule has 0 aliphatic rings. The van der Waals surface area contributed by atoms with E-state index in [1.165, 1.54) is 17.9 Å². The molecule has 0 amide bonds. The molecule has 0 aromatic carbocycles. The van der Waals surface area contributed by atoms with Crippen LogP contribution >= 0.6 is 0 Å². The predicted octanol–water partition coefficient (Wildman–Crippen LogP) is 0.416. The van der Waals surface area contributed by atoms with Crippen LogP contribution < -0.4 is 17.0 Å². The lowest BCUT2D eigenvalue weighted by atomic mass is 10.2. The monoisotopic (exact) mass is 398 g/mol. The first-order valence-electron chi connectivity index (χ1n) is 9.94. The van der Waals surface area contributed by atoms with Gasteiger partial charge >= 0.3 is 5.69 Å². The SMILES string of the molecule is [2H]c1nc2c(N)ncnc2n1CCCCCCn1cnc2c1c(=O)n(C)c(=O)n2C. The third kappa shape index (κ3) is 3.28. The molecule has 4 rings (SSSR count). The van der Waals surface area contributed by atoms with Gasteiger partial charge in [-0.05, 0) is 12.8 Å². The van der Waals surface area contributed by atoms with Crippen LogP contribution in [-0.2, 0) is 27.2 Å². The normalized spacial score (nSPS) is 12.1.